The van der Waals surface area contributed by atoms with E-state index in [0.29, 0.717) is 23.4 Å². The van der Waals surface area contributed by atoms with Gasteiger partial charge in [-0.05, 0) is 18.1 Å². The number of nitrogens with one attached hydrogen (secondary N) is 1. The molecule has 0 aliphatic heterocycles. The van der Waals surface area contributed by atoms with Gasteiger partial charge in [0.25, 0.3) is 0 Å². The quantitative estimate of drug-likeness (QED) is 0.832. The van der Waals surface area contributed by atoms with Gasteiger partial charge in [-0.15, -0.1) is 0 Å². The van der Waals surface area contributed by atoms with Gasteiger partial charge in [0.15, 0.2) is 0 Å². The van der Waals surface area contributed by atoms with E-state index in [-0.39, 0.29) is 12.3 Å². The second kappa shape index (κ2) is 7.01. The molecule has 1 atom stereocenters. The third-order valence-corrected chi connectivity index (χ3v) is 2.89. The third kappa shape index (κ3) is 4.37. The molecule has 5 heteroatoms. The van der Waals surface area contributed by atoms with E-state index in [9.17, 15) is 9.59 Å². The zero-order chi connectivity index (χ0) is 13.5. The Morgan fingerprint density at radius 2 is 2.06 bits per heavy atom. The highest BCUT2D eigenvalue weighted by Crippen LogP contribution is 2.15. The fourth-order valence-corrected chi connectivity index (χ4v) is 1.81. The Hall–Kier alpha value is -1.55. The zero-order valence-electron chi connectivity index (χ0n) is 10.1. The maximum atomic E-state index is 11.7. The summed E-state index contributed by atoms with van der Waals surface area (Å²) < 4.78 is 0. The van der Waals surface area contributed by atoms with Crippen molar-refractivity contribution in [1.82, 2.24) is 5.32 Å². The molecular weight excluding hydrogens is 254 g/mol. The number of aliphatic carboxylic acids is 1. The molecule has 1 aromatic rings. The number of carbonyl (C=O) groups excluding carboxylic acids is 1. The molecule has 98 valence electrons. The van der Waals surface area contributed by atoms with Crippen molar-refractivity contribution in [3.8, 4) is 0 Å². The zero-order valence-corrected chi connectivity index (χ0v) is 10.9. The van der Waals surface area contributed by atoms with Gasteiger partial charge < -0.3 is 10.4 Å². The number of carboxylic acids is 1. The minimum atomic E-state index is -1.01. The molecule has 0 bridgehead atoms. The molecule has 0 saturated carbocycles. The van der Waals surface area contributed by atoms with Gasteiger partial charge in [-0.25, -0.2) is 4.79 Å². The molecule has 18 heavy (non-hydrogen) atoms. The Morgan fingerprint density at radius 3 is 2.61 bits per heavy atom. The number of benzene rings is 1. The fraction of sp³-hybridized carbons (Fsp3) is 0.385. The van der Waals surface area contributed by atoms with Crippen LogP contribution in [0.2, 0.25) is 5.02 Å². The Bertz CT molecular complexity index is 434. The van der Waals surface area contributed by atoms with E-state index in [4.69, 9.17) is 16.7 Å². The molecule has 0 radical (unpaired) electrons. The normalized spacial score (nSPS) is 11.9. The summed E-state index contributed by atoms with van der Waals surface area (Å²) in [6, 6.07) is 6.18. The highest BCUT2D eigenvalue weighted by atomic mass is 35.5. The Kier molecular flexibility index (Phi) is 5.65. The van der Waals surface area contributed by atoms with Gasteiger partial charge in [-0.2, -0.15) is 0 Å². The molecule has 4 nitrogen and oxygen atoms in total. The molecule has 0 saturated heterocycles. The van der Waals surface area contributed by atoms with Gasteiger partial charge in [0, 0.05) is 5.02 Å². The van der Waals surface area contributed by atoms with E-state index in [2.05, 4.69) is 5.32 Å². The average molecular weight is 270 g/mol. The van der Waals surface area contributed by atoms with Crippen molar-refractivity contribution < 1.29 is 14.7 Å². The van der Waals surface area contributed by atoms with Crippen molar-refractivity contribution in [2.45, 2.75) is 32.2 Å². The van der Waals surface area contributed by atoms with Gasteiger partial charge in [-0.3, -0.25) is 4.79 Å². The van der Waals surface area contributed by atoms with Gasteiger partial charge in [0.1, 0.15) is 6.04 Å². The number of carbonyl (C=O) groups is 2. The summed E-state index contributed by atoms with van der Waals surface area (Å²) in [6.45, 7) is 1.87. The summed E-state index contributed by atoms with van der Waals surface area (Å²) in [6.07, 6.45) is 1.21. The van der Waals surface area contributed by atoms with Crippen molar-refractivity contribution in [3.63, 3.8) is 0 Å². The molecule has 0 unspecified atom stereocenters. The molecule has 1 aromatic carbocycles. The van der Waals surface area contributed by atoms with Crippen LogP contribution in [0.5, 0.6) is 0 Å². The first-order chi connectivity index (χ1) is 8.54. The van der Waals surface area contributed by atoms with E-state index in [1.165, 1.54) is 0 Å². The van der Waals surface area contributed by atoms with E-state index in [0.717, 1.165) is 0 Å². The first-order valence-electron chi connectivity index (χ1n) is 5.80. The second-order valence-corrected chi connectivity index (χ2v) is 4.42. The largest absolute Gasteiger partial charge is 0.480 e. The molecular formula is C13H16ClNO3. The van der Waals surface area contributed by atoms with Crippen LogP contribution in [-0.4, -0.2) is 23.0 Å². The van der Waals surface area contributed by atoms with Crippen LogP contribution in [0.3, 0.4) is 0 Å². The Labute approximate surface area is 111 Å². The number of carboxylic acid groups (broad SMARTS) is 1. The lowest BCUT2D eigenvalue weighted by molar-refractivity contribution is -0.141. The lowest BCUT2D eigenvalue weighted by Crippen LogP contribution is -2.41. The van der Waals surface area contributed by atoms with E-state index in [1.807, 2.05) is 6.92 Å². The average Bonchev–Trinajstić information content (AvgIpc) is 2.31. The van der Waals surface area contributed by atoms with Crippen LogP contribution < -0.4 is 5.32 Å². The van der Waals surface area contributed by atoms with Crippen LogP contribution >= 0.6 is 11.6 Å². The minimum Gasteiger partial charge on any atom is -0.480 e. The summed E-state index contributed by atoms with van der Waals surface area (Å²) in [5.41, 5.74) is 0.692. The number of halogens is 1. The van der Waals surface area contributed by atoms with Crippen LogP contribution in [0.1, 0.15) is 25.3 Å². The number of hydrogen-bond donors (Lipinski definition) is 2. The molecule has 1 rings (SSSR count). The first-order valence-corrected chi connectivity index (χ1v) is 6.18. The van der Waals surface area contributed by atoms with E-state index < -0.39 is 12.0 Å². The summed E-state index contributed by atoms with van der Waals surface area (Å²) in [4.78, 5) is 22.6. The standard InChI is InChI=1S/C13H16ClNO3/c1-2-5-11(13(17)18)15-12(16)8-9-6-3-4-7-10(9)14/h3-4,6-7,11H,2,5,8H2,1H3,(H,15,16)(H,17,18)/t11-/m1/s1. The van der Waals surface area contributed by atoms with Gasteiger partial charge in [-0.1, -0.05) is 43.1 Å². The van der Waals surface area contributed by atoms with Crippen molar-refractivity contribution >= 4 is 23.5 Å². The Morgan fingerprint density at radius 1 is 1.39 bits per heavy atom. The molecule has 0 aromatic heterocycles. The number of amides is 1. The lowest BCUT2D eigenvalue weighted by Gasteiger charge is -2.13. The van der Waals surface area contributed by atoms with Gasteiger partial charge >= 0.3 is 5.97 Å². The van der Waals surface area contributed by atoms with E-state index in [1.54, 1.807) is 24.3 Å². The summed E-state index contributed by atoms with van der Waals surface area (Å²) in [5.74, 6) is -1.34. The van der Waals surface area contributed by atoms with Crippen molar-refractivity contribution in [2.75, 3.05) is 0 Å². The molecule has 0 aliphatic carbocycles. The second-order valence-electron chi connectivity index (χ2n) is 4.02. The van der Waals surface area contributed by atoms with Crippen LogP contribution in [0, 0.1) is 0 Å². The van der Waals surface area contributed by atoms with Crippen LogP contribution in [0.15, 0.2) is 24.3 Å². The topological polar surface area (TPSA) is 66.4 Å². The monoisotopic (exact) mass is 269 g/mol. The molecule has 0 aliphatic rings. The molecule has 0 heterocycles. The summed E-state index contributed by atoms with van der Waals surface area (Å²) in [7, 11) is 0. The van der Waals surface area contributed by atoms with Crippen LogP contribution in [-0.2, 0) is 16.0 Å². The highest BCUT2D eigenvalue weighted by Gasteiger charge is 2.19. The first kappa shape index (κ1) is 14.5. The SMILES string of the molecule is CCC[C@@H](NC(=O)Cc1ccccc1Cl)C(=O)O. The highest BCUT2D eigenvalue weighted by molar-refractivity contribution is 6.31. The smallest absolute Gasteiger partial charge is 0.326 e. The molecule has 0 spiro atoms. The molecule has 1 amide bonds. The predicted molar refractivity (Wildman–Crippen MR) is 69.6 cm³/mol. The third-order valence-electron chi connectivity index (χ3n) is 2.52. The van der Waals surface area contributed by atoms with Gasteiger partial charge in [0.2, 0.25) is 5.91 Å². The summed E-state index contributed by atoms with van der Waals surface area (Å²) in [5, 5.41) is 11.9. The predicted octanol–water partition coefficient (Wildman–Crippen LogP) is 2.25. The molecule has 0 fully saturated rings. The van der Waals surface area contributed by atoms with Gasteiger partial charge in [0.05, 0.1) is 6.42 Å². The lowest BCUT2D eigenvalue weighted by atomic mass is 10.1. The maximum absolute atomic E-state index is 11.7. The van der Waals surface area contributed by atoms with Crippen molar-refractivity contribution in [1.29, 1.82) is 0 Å². The van der Waals surface area contributed by atoms with Crippen molar-refractivity contribution in [3.05, 3.63) is 34.9 Å². The number of hydrogen-bond acceptors (Lipinski definition) is 2. The van der Waals surface area contributed by atoms with Crippen LogP contribution in [0.4, 0.5) is 0 Å². The van der Waals surface area contributed by atoms with E-state index >= 15 is 0 Å². The number of rotatable bonds is 6. The minimum absolute atomic E-state index is 0.0904. The molecule has 2 N–H and O–H groups in total. The fourth-order valence-electron chi connectivity index (χ4n) is 1.61. The Balaban J connectivity index is 2.61. The maximum Gasteiger partial charge on any atom is 0.326 e. The van der Waals surface area contributed by atoms with Crippen molar-refractivity contribution in [2.24, 2.45) is 0 Å². The van der Waals surface area contributed by atoms with Crippen LogP contribution in [0.25, 0.3) is 0 Å². The summed E-state index contributed by atoms with van der Waals surface area (Å²) >= 11 is 5.93.